The Bertz CT molecular complexity index is 478. The summed E-state index contributed by atoms with van der Waals surface area (Å²) in [5, 5.41) is 3.35. The third kappa shape index (κ3) is 3.62. The van der Waals surface area contributed by atoms with E-state index in [1.807, 2.05) is 0 Å². The molecule has 1 aromatic carbocycles. The normalized spacial score (nSPS) is 22.0. The van der Waals surface area contributed by atoms with Crippen LogP contribution in [0.1, 0.15) is 38.2 Å². The summed E-state index contributed by atoms with van der Waals surface area (Å²) >= 11 is 0. The largest absolute Gasteiger partial charge is 0.341 e. The Morgan fingerprint density at radius 3 is 2.81 bits per heavy atom. The van der Waals surface area contributed by atoms with Crippen LogP contribution in [0.5, 0.6) is 0 Å². The van der Waals surface area contributed by atoms with Crippen molar-refractivity contribution in [2.45, 2.75) is 39.2 Å². The molecule has 1 N–H and O–H groups in total. The van der Waals surface area contributed by atoms with Gasteiger partial charge in [0.05, 0.1) is 5.41 Å². The van der Waals surface area contributed by atoms with Gasteiger partial charge in [-0.2, -0.15) is 0 Å². The van der Waals surface area contributed by atoms with Crippen LogP contribution in [0, 0.1) is 11.2 Å². The summed E-state index contributed by atoms with van der Waals surface area (Å²) in [6, 6.07) is 6.66. The number of piperidine rings is 1. The highest BCUT2D eigenvalue weighted by atomic mass is 19.1. The number of carbonyl (C=O) groups excluding carboxylic acids is 1. The van der Waals surface area contributed by atoms with Crippen LogP contribution in [-0.2, 0) is 11.3 Å². The van der Waals surface area contributed by atoms with Crippen molar-refractivity contribution in [3.05, 3.63) is 35.6 Å². The molecule has 4 heteroatoms. The number of nitrogens with one attached hydrogen (secondary N) is 1. The van der Waals surface area contributed by atoms with E-state index < -0.39 is 0 Å². The first-order valence-electron chi connectivity index (χ1n) is 7.79. The van der Waals surface area contributed by atoms with E-state index in [1.165, 1.54) is 6.07 Å². The zero-order valence-corrected chi connectivity index (χ0v) is 13.0. The van der Waals surface area contributed by atoms with Crippen LogP contribution >= 0.6 is 0 Å². The van der Waals surface area contributed by atoms with Gasteiger partial charge in [-0.15, -0.1) is 0 Å². The molecule has 0 radical (unpaired) electrons. The number of hydrogen-bond donors (Lipinski definition) is 1. The second kappa shape index (κ2) is 7.03. The molecule has 3 nitrogen and oxygen atoms in total. The lowest BCUT2D eigenvalue weighted by Gasteiger charge is -2.39. The van der Waals surface area contributed by atoms with E-state index in [0.717, 1.165) is 38.8 Å². The molecular formula is C17H25FN2O. The molecule has 1 heterocycles. The van der Waals surface area contributed by atoms with Gasteiger partial charge in [0.2, 0.25) is 5.91 Å². The Balaban J connectivity index is 2.11. The summed E-state index contributed by atoms with van der Waals surface area (Å²) < 4.78 is 13.7. The van der Waals surface area contributed by atoms with Gasteiger partial charge in [-0.1, -0.05) is 31.5 Å². The molecule has 0 bridgehead atoms. The number of rotatable bonds is 5. The predicted molar refractivity (Wildman–Crippen MR) is 82.3 cm³/mol. The maximum atomic E-state index is 13.7. The molecule has 21 heavy (non-hydrogen) atoms. The zero-order chi connectivity index (χ0) is 15.3. The lowest BCUT2D eigenvalue weighted by molar-refractivity contribution is -0.143. The molecule has 116 valence electrons. The van der Waals surface area contributed by atoms with E-state index >= 15 is 0 Å². The first-order valence-corrected chi connectivity index (χ1v) is 7.79. The van der Waals surface area contributed by atoms with E-state index in [0.29, 0.717) is 12.1 Å². The Kier molecular flexibility index (Phi) is 5.34. The fraction of sp³-hybridized carbons (Fsp3) is 0.588. The monoisotopic (exact) mass is 292 g/mol. The summed E-state index contributed by atoms with van der Waals surface area (Å²) in [4.78, 5) is 14.6. The molecule has 1 fully saturated rings. The smallest absolute Gasteiger partial charge is 0.230 e. The number of amides is 1. The van der Waals surface area contributed by atoms with Gasteiger partial charge >= 0.3 is 0 Å². The summed E-state index contributed by atoms with van der Waals surface area (Å²) in [5.74, 6) is -0.108. The minimum Gasteiger partial charge on any atom is -0.341 e. The Morgan fingerprint density at radius 2 is 2.19 bits per heavy atom. The first kappa shape index (κ1) is 16.0. The van der Waals surface area contributed by atoms with Crippen LogP contribution < -0.4 is 5.32 Å². The molecule has 0 spiro atoms. The van der Waals surface area contributed by atoms with Crippen molar-refractivity contribution in [1.29, 1.82) is 0 Å². The van der Waals surface area contributed by atoms with Crippen molar-refractivity contribution in [2.24, 2.45) is 5.41 Å². The van der Waals surface area contributed by atoms with E-state index in [-0.39, 0.29) is 17.1 Å². The Hall–Kier alpha value is -1.42. The summed E-state index contributed by atoms with van der Waals surface area (Å²) in [5.41, 5.74) is 0.260. The molecule has 1 saturated heterocycles. The molecule has 1 aliphatic heterocycles. The third-order valence-corrected chi connectivity index (χ3v) is 4.37. The third-order valence-electron chi connectivity index (χ3n) is 4.37. The molecule has 1 atom stereocenters. The summed E-state index contributed by atoms with van der Waals surface area (Å²) in [7, 11) is 1.78. The number of nitrogens with zero attached hydrogens (tertiary/aromatic N) is 1. The average molecular weight is 292 g/mol. The molecule has 1 aliphatic rings. The highest BCUT2D eigenvalue weighted by molar-refractivity contribution is 5.83. The molecular weight excluding hydrogens is 267 g/mol. The van der Waals surface area contributed by atoms with E-state index in [4.69, 9.17) is 0 Å². The van der Waals surface area contributed by atoms with Gasteiger partial charge in [-0.3, -0.25) is 4.79 Å². The van der Waals surface area contributed by atoms with E-state index in [2.05, 4.69) is 12.2 Å². The zero-order valence-electron chi connectivity index (χ0n) is 13.0. The molecule has 1 aromatic rings. The summed E-state index contributed by atoms with van der Waals surface area (Å²) in [6.07, 6.45) is 3.83. The molecule has 1 unspecified atom stereocenters. The quantitative estimate of drug-likeness (QED) is 0.905. The van der Waals surface area contributed by atoms with Gasteiger partial charge in [0.25, 0.3) is 0 Å². The summed E-state index contributed by atoms with van der Waals surface area (Å²) in [6.45, 7) is 4.16. The van der Waals surface area contributed by atoms with Crippen molar-refractivity contribution in [3.8, 4) is 0 Å². The highest BCUT2D eigenvalue weighted by Crippen LogP contribution is 2.34. The lowest BCUT2D eigenvalue weighted by Crippen LogP contribution is -2.50. The second-order valence-corrected chi connectivity index (χ2v) is 6.06. The molecule has 2 rings (SSSR count). The van der Waals surface area contributed by atoms with Crippen LogP contribution in [0.25, 0.3) is 0 Å². The minimum atomic E-state index is -0.312. The van der Waals surface area contributed by atoms with Crippen molar-refractivity contribution < 1.29 is 9.18 Å². The SMILES string of the molecule is CCCC1(C(=O)N(C)Cc2ccccc2F)CCCNC1. The maximum Gasteiger partial charge on any atom is 0.230 e. The maximum absolute atomic E-state index is 13.7. The fourth-order valence-electron chi connectivity index (χ4n) is 3.31. The van der Waals surface area contributed by atoms with Crippen LogP contribution in [-0.4, -0.2) is 30.9 Å². The minimum absolute atomic E-state index is 0.139. The van der Waals surface area contributed by atoms with Gasteiger partial charge in [-0.25, -0.2) is 4.39 Å². The average Bonchev–Trinajstić information content (AvgIpc) is 2.50. The van der Waals surface area contributed by atoms with Gasteiger partial charge in [0, 0.05) is 25.7 Å². The predicted octanol–water partition coefficient (Wildman–Crippen LogP) is 2.95. The highest BCUT2D eigenvalue weighted by Gasteiger charge is 2.40. The molecule has 0 aliphatic carbocycles. The van der Waals surface area contributed by atoms with Crippen LogP contribution in [0.15, 0.2) is 24.3 Å². The Labute approximate surface area is 126 Å². The van der Waals surface area contributed by atoms with Crippen LogP contribution in [0.3, 0.4) is 0 Å². The molecule has 0 saturated carbocycles. The fourth-order valence-corrected chi connectivity index (χ4v) is 3.31. The van der Waals surface area contributed by atoms with Crippen LogP contribution in [0.4, 0.5) is 4.39 Å². The van der Waals surface area contributed by atoms with Gasteiger partial charge in [0.15, 0.2) is 0 Å². The van der Waals surface area contributed by atoms with Crippen molar-refractivity contribution >= 4 is 5.91 Å². The van der Waals surface area contributed by atoms with E-state index in [1.54, 1.807) is 30.1 Å². The Morgan fingerprint density at radius 1 is 1.43 bits per heavy atom. The van der Waals surface area contributed by atoms with Crippen molar-refractivity contribution in [2.75, 3.05) is 20.1 Å². The molecule has 0 aromatic heterocycles. The van der Waals surface area contributed by atoms with Gasteiger partial charge < -0.3 is 10.2 Å². The number of halogens is 1. The second-order valence-electron chi connectivity index (χ2n) is 6.06. The molecule has 1 amide bonds. The number of hydrogen-bond acceptors (Lipinski definition) is 2. The van der Waals surface area contributed by atoms with Gasteiger partial charge in [-0.05, 0) is 31.9 Å². The lowest BCUT2D eigenvalue weighted by atomic mass is 9.75. The van der Waals surface area contributed by atoms with Gasteiger partial charge in [0.1, 0.15) is 5.82 Å². The topological polar surface area (TPSA) is 32.3 Å². The van der Waals surface area contributed by atoms with Crippen molar-refractivity contribution in [1.82, 2.24) is 10.2 Å². The van der Waals surface area contributed by atoms with E-state index in [9.17, 15) is 9.18 Å². The van der Waals surface area contributed by atoms with Crippen molar-refractivity contribution in [3.63, 3.8) is 0 Å². The first-order chi connectivity index (χ1) is 10.1. The number of benzene rings is 1. The van der Waals surface area contributed by atoms with Crippen LogP contribution in [0.2, 0.25) is 0 Å². The standard InChI is InChI=1S/C17H25FN2O/c1-3-9-17(10-6-11-19-13-17)16(21)20(2)12-14-7-4-5-8-15(14)18/h4-5,7-8,19H,3,6,9-13H2,1-2H3. The number of carbonyl (C=O) groups is 1.